The SMILES string of the molecule is CC/C(=C(/c1ccc(O)cc1)c1ccc(OCCN(C)C(=O)CCCOCCOc2cc(CC(=O)N3CCC[C@@H]3C3=NC(=O)[C@@](C)(c4ccc(-c5scnc5C)cc4)N3)on2)cc1)c1ccccc1. The number of phenolic OH excluding ortho intramolecular Hbond substituents is 1. The smallest absolute Gasteiger partial charge is 0.277 e. The van der Waals surface area contributed by atoms with E-state index in [1.165, 1.54) is 5.57 Å². The summed E-state index contributed by atoms with van der Waals surface area (Å²) in [5, 5.41) is 17.3. The summed E-state index contributed by atoms with van der Waals surface area (Å²) >= 11 is 1.58. The summed E-state index contributed by atoms with van der Waals surface area (Å²) in [6, 6.07) is 34.7. The summed E-state index contributed by atoms with van der Waals surface area (Å²) in [5.74, 6) is 1.59. The van der Waals surface area contributed by atoms with E-state index in [4.69, 9.17) is 18.7 Å². The highest BCUT2D eigenvalue weighted by Gasteiger charge is 2.45. The third kappa shape index (κ3) is 11.6. The number of nitrogens with zero attached hydrogens (tertiary/aromatic N) is 5. The zero-order valence-electron chi connectivity index (χ0n) is 39.5. The highest BCUT2D eigenvalue weighted by molar-refractivity contribution is 7.13. The first kappa shape index (κ1) is 48.4. The fourth-order valence-electron chi connectivity index (χ4n) is 8.77. The Morgan fingerprint density at radius 1 is 0.928 bits per heavy atom. The van der Waals surface area contributed by atoms with Crippen molar-refractivity contribution in [2.75, 3.05) is 46.6 Å². The lowest BCUT2D eigenvalue weighted by molar-refractivity contribution is -0.131. The molecule has 0 aliphatic carbocycles. The lowest BCUT2D eigenvalue weighted by Gasteiger charge is -2.28. The van der Waals surface area contributed by atoms with E-state index in [-0.39, 0.29) is 55.0 Å². The van der Waals surface area contributed by atoms with Gasteiger partial charge in [0.1, 0.15) is 41.8 Å². The molecule has 2 aromatic heterocycles. The molecule has 0 spiro atoms. The fraction of sp³-hybridized carbons (Fsp3) is 0.333. The number of amides is 3. The highest BCUT2D eigenvalue weighted by atomic mass is 32.1. The molecule has 358 valence electrons. The summed E-state index contributed by atoms with van der Waals surface area (Å²) in [7, 11) is 1.77. The van der Waals surface area contributed by atoms with Crippen LogP contribution in [0.3, 0.4) is 0 Å². The third-order valence-corrected chi connectivity index (χ3v) is 13.6. The first-order valence-electron chi connectivity index (χ1n) is 23.4. The Morgan fingerprint density at radius 2 is 1.67 bits per heavy atom. The number of allylic oxidation sites excluding steroid dienone is 1. The molecule has 2 atom stereocenters. The molecule has 2 aliphatic rings. The zero-order chi connectivity index (χ0) is 48.3. The molecule has 1 fully saturated rings. The number of amidine groups is 1. The number of hydrogen-bond acceptors (Lipinski definition) is 12. The van der Waals surface area contributed by atoms with Crippen molar-refractivity contribution in [1.82, 2.24) is 25.3 Å². The van der Waals surface area contributed by atoms with Gasteiger partial charge in [-0.2, -0.15) is 4.99 Å². The average Bonchev–Trinajstić information content (AvgIpc) is 4.19. The third-order valence-electron chi connectivity index (χ3n) is 12.6. The standard InChI is InChI=1S/C54H58N6O8S/c1-5-45(37-11-7-6-8-12-37)50(38-17-23-42(61)24-18-38)39-19-25-43(26-20-39)66-30-28-59(4)48(62)14-10-29-65-31-32-67-47-33-44(68-58-47)34-49(63)60-27-9-13-46(60)52-56-53(64)54(3,57-52)41-21-15-40(16-22-41)51-36(2)55-35-69-51/h6-8,11-12,15-26,33,35,46,61H,5,9-10,13-14,27-32,34H2,1-4H3,(H,56,57,64)/b50-45+/t46-,54-/m1/s1. The number of carbonyl (C=O) groups is 3. The van der Waals surface area contributed by atoms with Crippen molar-refractivity contribution < 1.29 is 38.2 Å². The molecule has 2 N–H and O–H groups in total. The number of likely N-dealkylation sites (N-methyl/N-ethyl adjacent to an activating group) is 1. The maximum Gasteiger partial charge on any atom is 0.277 e. The van der Waals surface area contributed by atoms with Crippen molar-refractivity contribution in [3.05, 3.63) is 148 Å². The molecule has 14 nitrogen and oxygen atoms in total. The minimum atomic E-state index is -1.04. The number of carbonyl (C=O) groups excluding carboxylic acids is 3. The van der Waals surface area contributed by atoms with Crippen LogP contribution in [-0.2, 0) is 31.1 Å². The number of aliphatic imine (C=N–C) groups is 1. The molecule has 8 rings (SSSR count). The Bertz CT molecular complexity index is 2770. The normalized spacial score (nSPS) is 17.0. The summed E-state index contributed by atoms with van der Waals surface area (Å²) in [5.41, 5.74) is 9.09. The van der Waals surface area contributed by atoms with Crippen LogP contribution in [0, 0.1) is 6.92 Å². The Hall–Kier alpha value is -7.10. The van der Waals surface area contributed by atoms with Crippen LogP contribution in [-0.4, -0.2) is 101 Å². The van der Waals surface area contributed by atoms with Crippen LogP contribution in [0.5, 0.6) is 17.4 Å². The molecular formula is C54H58N6O8S. The molecule has 0 bridgehead atoms. The van der Waals surface area contributed by atoms with Crippen molar-refractivity contribution in [3.63, 3.8) is 0 Å². The molecular weight excluding hydrogens is 893 g/mol. The minimum absolute atomic E-state index is 0.000904. The highest BCUT2D eigenvalue weighted by Crippen LogP contribution is 2.36. The molecule has 4 aromatic carbocycles. The number of benzene rings is 4. The number of aromatic nitrogens is 2. The predicted octanol–water partition coefficient (Wildman–Crippen LogP) is 8.87. The number of likely N-dealkylation sites (tertiary alicyclic amines) is 1. The Labute approximate surface area is 406 Å². The number of rotatable bonds is 21. The number of hydrogen-bond donors (Lipinski definition) is 2. The average molecular weight is 951 g/mol. The van der Waals surface area contributed by atoms with E-state index < -0.39 is 5.54 Å². The number of aryl methyl sites for hydroxylation is 1. The van der Waals surface area contributed by atoms with E-state index in [9.17, 15) is 19.5 Å². The quantitative estimate of drug-likeness (QED) is 0.0522. The molecule has 2 aliphatic heterocycles. The predicted molar refractivity (Wildman–Crippen MR) is 266 cm³/mol. The van der Waals surface area contributed by atoms with Gasteiger partial charge in [0.25, 0.3) is 11.8 Å². The van der Waals surface area contributed by atoms with E-state index in [2.05, 4.69) is 39.5 Å². The van der Waals surface area contributed by atoms with Crippen molar-refractivity contribution in [1.29, 1.82) is 0 Å². The van der Waals surface area contributed by atoms with Crippen LogP contribution in [0.2, 0.25) is 0 Å². The van der Waals surface area contributed by atoms with Crippen LogP contribution in [0.4, 0.5) is 0 Å². The summed E-state index contributed by atoms with van der Waals surface area (Å²) in [4.78, 5) is 53.0. The molecule has 69 heavy (non-hydrogen) atoms. The van der Waals surface area contributed by atoms with Crippen LogP contribution in [0.1, 0.15) is 79.7 Å². The van der Waals surface area contributed by atoms with E-state index in [0.29, 0.717) is 62.9 Å². The van der Waals surface area contributed by atoms with Crippen molar-refractivity contribution >= 4 is 46.0 Å². The monoisotopic (exact) mass is 950 g/mol. The van der Waals surface area contributed by atoms with Gasteiger partial charge in [-0.3, -0.25) is 14.4 Å². The lowest BCUT2D eigenvalue weighted by Crippen LogP contribution is -2.50. The van der Waals surface area contributed by atoms with Crippen LogP contribution in [0.25, 0.3) is 21.6 Å². The van der Waals surface area contributed by atoms with Gasteiger partial charge in [0, 0.05) is 32.7 Å². The second kappa shape index (κ2) is 22.3. The topological polar surface area (TPSA) is 169 Å². The van der Waals surface area contributed by atoms with Gasteiger partial charge >= 0.3 is 0 Å². The number of thiazole rings is 1. The van der Waals surface area contributed by atoms with Gasteiger partial charge < -0.3 is 39.0 Å². The molecule has 15 heteroatoms. The maximum atomic E-state index is 13.5. The lowest BCUT2D eigenvalue weighted by atomic mass is 9.88. The van der Waals surface area contributed by atoms with Gasteiger partial charge in [-0.05, 0) is 108 Å². The van der Waals surface area contributed by atoms with Crippen molar-refractivity contribution in [3.8, 4) is 27.8 Å². The summed E-state index contributed by atoms with van der Waals surface area (Å²) in [6.45, 7) is 8.16. The molecule has 6 aromatic rings. The van der Waals surface area contributed by atoms with Gasteiger partial charge in [0.05, 0.1) is 41.7 Å². The van der Waals surface area contributed by atoms with Crippen LogP contribution in [0.15, 0.2) is 124 Å². The van der Waals surface area contributed by atoms with E-state index in [1.54, 1.807) is 46.4 Å². The molecule has 3 amide bonds. The summed E-state index contributed by atoms with van der Waals surface area (Å²) in [6.07, 6.45) is 3.17. The first-order valence-corrected chi connectivity index (χ1v) is 24.3. The van der Waals surface area contributed by atoms with Gasteiger partial charge in [0.15, 0.2) is 0 Å². The second-order valence-electron chi connectivity index (χ2n) is 17.3. The Balaban J connectivity index is 0.720. The fourth-order valence-corrected chi connectivity index (χ4v) is 9.58. The molecule has 0 unspecified atom stereocenters. The largest absolute Gasteiger partial charge is 0.508 e. The van der Waals surface area contributed by atoms with E-state index in [1.807, 2.05) is 98.2 Å². The van der Waals surface area contributed by atoms with Gasteiger partial charge in [-0.1, -0.05) is 85.8 Å². The van der Waals surface area contributed by atoms with Gasteiger partial charge in [-0.25, -0.2) is 4.98 Å². The molecule has 1 saturated heterocycles. The number of nitrogens with one attached hydrogen (secondary N) is 1. The first-order chi connectivity index (χ1) is 33.5. The molecule has 4 heterocycles. The Morgan fingerprint density at radius 3 is 2.38 bits per heavy atom. The van der Waals surface area contributed by atoms with Crippen LogP contribution < -0.4 is 14.8 Å². The van der Waals surface area contributed by atoms with Crippen molar-refractivity contribution in [2.24, 2.45) is 4.99 Å². The second-order valence-corrected chi connectivity index (χ2v) is 18.2. The Kier molecular flexibility index (Phi) is 15.7. The zero-order valence-corrected chi connectivity index (χ0v) is 40.3. The number of phenols is 1. The molecule has 0 radical (unpaired) electrons. The van der Waals surface area contributed by atoms with Gasteiger partial charge in [-0.15, -0.1) is 11.3 Å². The molecule has 0 saturated carbocycles. The number of aromatic hydroxyl groups is 1. The van der Waals surface area contributed by atoms with E-state index in [0.717, 1.165) is 56.8 Å². The number of ether oxygens (including phenoxy) is 3. The van der Waals surface area contributed by atoms with Crippen LogP contribution >= 0.6 is 11.3 Å². The minimum Gasteiger partial charge on any atom is -0.508 e. The van der Waals surface area contributed by atoms with Gasteiger partial charge in [0.2, 0.25) is 11.8 Å². The maximum absolute atomic E-state index is 13.5. The summed E-state index contributed by atoms with van der Waals surface area (Å²) < 4.78 is 22.9. The van der Waals surface area contributed by atoms with E-state index >= 15 is 0 Å². The van der Waals surface area contributed by atoms with Crippen molar-refractivity contribution in [2.45, 2.75) is 70.9 Å².